The van der Waals surface area contributed by atoms with Crippen molar-refractivity contribution in [1.82, 2.24) is 0 Å². The molecule has 2 aliphatic rings. The first kappa shape index (κ1) is 24.0. The molecular formula is C26H34F4O. The van der Waals surface area contributed by atoms with Crippen LogP contribution in [-0.2, 0) is 0 Å². The standard InChI is InChI=1S/C26H34F4O/c1-2-3-4-19-7-13-22(14-8-19)23-15-9-20(10-16-23)5-6-21-11-17-24(18-12-21)31-26(29,30)25(27)28/h11-12,17-20,22-23,25H,2-4,7-10,13-16H2,1H3/t19-,20?,22-,23?. The van der Waals surface area contributed by atoms with Crippen molar-refractivity contribution in [3.63, 3.8) is 0 Å². The summed E-state index contributed by atoms with van der Waals surface area (Å²) in [5.41, 5.74) is 0.681. The van der Waals surface area contributed by atoms with Crippen LogP contribution in [0.15, 0.2) is 24.3 Å². The maximum Gasteiger partial charge on any atom is 0.461 e. The lowest BCUT2D eigenvalue weighted by atomic mass is 9.69. The Bertz CT molecular complexity index is 718. The number of ether oxygens (including phenoxy) is 1. The summed E-state index contributed by atoms with van der Waals surface area (Å²) in [5.74, 6) is 9.20. The summed E-state index contributed by atoms with van der Waals surface area (Å²) in [5, 5.41) is 0. The maximum absolute atomic E-state index is 13.0. The molecule has 5 heteroatoms. The van der Waals surface area contributed by atoms with Gasteiger partial charge in [0.15, 0.2) is 0 Å². The van der Waals surface area contributed by atoms with Gasteiger partial charge in [-0.05, 0) is 80.5 Å². The molecule has 0 atom stereocenters. The molecule has 0 aliphatic heterocycles. The lowest BCUT2D eigenvalue weighted by Crippen LogP contribution is -2.33. The molecule has 0 aromatic heterocycles. The highest BCUT2D eigenvalue weighted by atomic mass is 19.3. The van der Waals surface area contributed by atoms with E-state index in [1.807, 2.05) is 0 Å². The van der Waals surface area contributed by atoms with Crippen molar-refractivity contribution in [2.75, 3.05) is 0 Å². The number of hydrogen-bond acceptors (Lipinski definition) is 1. The first-order chi connectivity index (χ1) is 14.9. The third kappa shape index (κ3) is 7.16. The Morgan fingerprint density at radius 1 is 0.935 bits per heavy atom. The van der Waals surface area contributed by atoms with Crippen molar-refractivity contribution < 1.29 is 22.3 Å². The highest BCUT2D eigenvalue weighted by molar-refractivity contribution is 5.38. The first-order valence-corrected chi connectivity index (χ1v) is 11.8. The summed E-state index contributed by atoms with van der Waals surface area (Å²) in [7, 11) is 0. The quantitative estimate of drug-likeness (QED) is 0.309. The maximum atomic E-state index is 13.0. The summed E-state index contributed by atoms with van der Waals surface area (Å²) in [6, 6.07) is 5.58. The van der Waals surface area contributed by atoms with Crippen molar-refractivity contribution in [3.8, 4) is 17.6 Å². The van der Waals surface area contributed by atoms with Crippen LogP contribution in [-0.4, -0.2) is 12.5 Å². The lowest BCUT2D eigenvalue weighted by Gasteiger charge is -2.37. The van der Waals surface area contributed by atoms with Crippen molar-refractivity contribution in [2.24, 2.45) is 23.7 Å². The molecule has 172 valence electrons. The van der Waals surface area contributed by atoms with Crippen LogP contribution in [0, 0.1) is 35.5 Å². The predicted molar refractivity (Wildman–Crippen MR) is 115 cm³/mol. The average Bonchev–Trinajstić information content (AvgIpc) is 2.78. The molecule has 0 bridgehead atoms. The van der Waals surface area contributed by atoms with Gasteiger partial charge in [0.2, 0.25) is 0 Å². The number of benzene rings is 1. The summed E-state index contributed by atoms with van der Waals surface area (Å²) in [4.78, 5) is 0. The third-order valence-electron chi connectivity index (χ3n) is 7.08. The van der Waals surface area contributed by atoms with E-state index in [1.54, 1.807) is 0 Å². The third-order valence-corrected chi connectivity index (χ3v) is 7.08. The second kappa shape index (κ2) is 11.2. The van der Waals surface area contributed by atoms with E-state index in [-0.39, 0.29) is 5.75 Å². The van der Waals surface area contributed by atoms with Crippen molar-refractivity contribution in [1.29, 1.82) is 0 Å². The van der Waals surface area contributed by atoms with Gasteiger partial charge in [-0.15, -0.1) is 0 Å². The van der Waals surface area contributed by atoms with E-state index in [1.165, 1.54) is 82.1 Å². The minimum absolute atomic E-state index is 0.291. The Hall–Kier alpha value is -1.70. The van der Waals surface area contributed by atoms with E-state index < -0.39 is 12.5 Å². The van der Waals surface area contributed by atoms with E-state index >= 15 is 0 Å². The Balaban J connectivity index is 1.43. The number of unbranched alkanes of at least 4 members (excludes halogenated alkanes) is 1. The van der Waals surface area contributed by atoms with E-state index in [0.29, 0.717) is 11.5 Å². The zero-order valence-corrected chi connectivity index (χ0v) is 18.4. The highest BCUT2D eigenvalue weighted by Crippen LogP contribution is 2.42. The van der Waals surface area contributed by atoms with Crippen LogP contribution < -0.4 is 4.74 Å². The van der Waals surface area contributed by atoms with E-state index in [0.717, 1.165) is 30.6 Å². The van der Waals surface area contributed by atoms with Gasteiger partial charge < -0.3 is 4.74 Å². The van der Waals surface area contributed by atoms with Gasteiger partial charge in [-0.25, -0.2) is 0 Å². The minimum atomic E-state index is -4.49. The Kier molecular flexibility index (Phi) is 8.69. The molecule has 0 amide bonds. The van der Waals surface area contributed by atoms with Gasteiger partial charge in [0.05, 0.1) is 0 Å². The molecule has 1 aromatic rings. The second-order valence-electron chi connectivity index (χ2n) is 9.29. The van der Waals surface area contributed by atoms with Gasteiger partial charge in [-0.3, -0.25) is 0 Å². The van der Waals surface area contributed by atoms with Gasteiger partial charge in [-0.2, -0.15) is 17.6 Å². The topological polar surface area (TPSA) is 9.23 Å². The summed E-state index contributed by atoms with van der Waals surface area (Å²) >= 11 is 0. The van der Waals surface area contributed by atoms with Gasteiger partial charge >= 0.3 is 12.5 Å². The normalized spacial score (nSPS) is 26.9. The van der Waals surface area contributed by atoms with Crippen molar-refractivity contribution in [3.05, 3.63) is 29.8 Å². The molecule has 31 heavy (non-hydrogen) atoms. The molecule has 2 saturated carbocycles. The van der Waals surface area contributed by atoms with Crippen molar-refractivity contribution in [2.45, 2.75) is 90.1 Å². The first-order valence-electron chi connectivity index (χ1n) is 11.8. The largest absolute Gasteiger partial charge is 0.461 e. The molecule has 0 unspecified atom stereocenters. The predicted octanol–water partition coefficient (Wildman–Crippen LogP) is 8.08. The van der Waals surface area contributed by atoms with E-state index in [2.05, 4.69) is 23.5 Å². The zero-order valence-electron chi connectivity index (χ0n) is 18.4. The fourth-order valence-corrected chi connectivity index (χ4v) is 5.17. The monoisotopic (exact) mass is 438 g/mol. The van der Waals surface area contributed by atoms with Crippen LogP contribution in [0.5, 0.6) is 5.75 Å². The molecule has 2 aliphatic carbocycles. The van der Waals surface area contributed by atoms with Gasteiger partial charge in [0.1, 0.15) is 5.75 Å². The van der Waals surface area contributed by atoms with Crippen LogP contribution in [0.3, 0.4) is 0 Å². The fraction of sp³-hybridized carbons (Fsp3) is 0.692. The van der Waals surface area contributed by atoms with Gasteiger partial charge in [0, 0.05) is 11.5 Å². The summed E-state index contributed by atoms with van der Waals surface area (Å²) in [6.07, 6.45) is 6.09. The number of alkyl halides is 4. The minimum Gasteiger partial charge on any atom is -0.428 e. The van der Waals surface area contributed by atoms with Crippen LogP contribution in [0.2, 0.25) is 0 Å². The van der Waals surface area contributed by atoms with Crippen LogP contribution in [0.4, 0.5) is 17.6 Å². The summed E-state index contributed by atoms with van der Waals surface area (Å²) in [6.45, 7) is 2.27. The lowest BCUT2D eigenvalue weighted by molar-refractivity contribution is -0.253. The molecule has 0 spiro atoms. The number of hydrogen-bond donors (Lipinski definition) is 0. The molecule has 1 nitrogen and oxygen atoms in total. The van der Waals surface area contributed by atoms with Crippen LogP contribution in [0.25, 0.3) is 0 Å². The molecule has 0 N–H and O–H groups in total. The van der Waals surface area contributed by atoms with Gasteiger partial charge in [0.25, 0.3) is 0 Å². The molecule has 2 fully saturated rings. The molecular weight excluding hydrogens is 404 g/mol. The van der Waals surface area contributed by atoms with E-state index in [9.17, 15) is 17.6 Å². The van der Waals surface area contributed by atoms with Crippen molar-refractivity contribution >= 4 is 0 Å². The Labute approximate surface area is 183 Å². The average molecular weight is 439 g/mol. The highest BCUT2D eigenvalue weighted by Gasteiger charge is 2.43. The number of halogens is 4. The second-order valence-corrected chi connectivity index (χ2v) is 9.29. The molecule has 0 heterocycles. The Morgan fingerprint density at radius 3 is 2.06 bits per heavy atom. The van der Waals surface area contributed by atoms with Crippen LogP contribution >= 0.6 is 0 Å². The van der Waals surface area contributed by atoms with E-state index in [4.69, 9.17) is 0 Å². The molecule has 1 aromatic carbocycles. The zero-order chi connectivity index (χ0) is 22.3. The molecule has 0 radical (unpaired) electrons. The Morgan fingerprint density at radius 2 is 1.52 bits per heavy atom. The fourth-order valence-electron chi connectivity index (χ4n) is 5.17. The van der Waals surface area contributed by atoms with Gasteiger partial charge in [-0.1, -0.05) is 50.9 Å². The smallest absolute Gasteiger partial charge is 0.428 e. The SMILES string of the molecule is CCCC[C@H]1CC[C@H](C2CCC(C#Cc3ccc(OC(F)(F)C(F)F)cc3)CC2)CC1. The van der Waals surface area contributed by atoms with Crippen LogP contribution in [0.1, 0.15) is 83.1 Å². The summed E-state index contributed by atoms with van der Waals surface area (Å²) < 4.78 is 54.4. The molecule has 0 saturated heterocycles. The number of rotatable bonds is 7. The molecule has 3 rings (SSSR count).